The predicted molar refractivity (Wildman–Crippen MR) is 58.7 cm³/mol. The van der Waals surface area contributed by atoms with Crippen LogP contribution in [0.25, 0.3) is 0 Å². The molecule has 1 aromatic carbocycles. The van der Waals surface area contributed by atoms with E-state index < -0.39 is 5.97 Å². The molecule has 64 valence electrons. The second-order valence-corrected chi connectivity index (χ2v) is 4.05. The van der Waals surface area contributed by atoms with Crippen molar-refractivity contribution in [3.8, 4) is 0 Å². The van der Waals surface area contributed by atoms with Crippen LogP contribution in [0.2, 0.25) is 0 Å². The summed E-state index contributed by atoms with van der Waals surface area (Å²) in [7, 11) is 0. The van der Waals surface area contributed by atoms with E-state index in [9.17, 15) is 4.79 Å². The largest absolute Gasteiger partial charge is 0.478 e. The summed E-state index contributed by atoms with van der Waals surface area (Å²) in [5.74, 6) is -0.874. The number of rotatable bonds is 2. The van der Waals surface area contributed by atoms with E-state index in [2.05, 4.69) is 38.5 Å². The fraction of sp³-hybridized carbons (Fsp3) is 0.125. The van der Waals surface area contributed by atoms with Crippen molar-refractivity contribution in [1.82, 2.24) is 0 Å². The molecule has 0 aromatic heterocycles. The van der Waals surface area contributed by atoms with Gasteiger partial charge in [-0.05, 0) is 46.4 Å². The molecule has 0 amide bonds. The molecule has 1 rings (SSSR count). The minimum atomic E-state index is -0.874. The molecular formula is C8H6BrIO2. The van der Waals surface area contributed by atoms with Gasteiger partial charge in [0.1, 0.15) is 0 Å². The molecule has 0 saturated carbocycles. The molecule has 12 heavy (non-hydrogen) atoms. The van der Waals surface area contributed by atoms with E-state index in [0.717, 1.165) is 9.13 Å². The van der Waals surface area contributed by atoms with Gasteiger partial charge in [-0.3, -0.25) is 0 Å². The Bertz CT molecular complexity index is 312. The third-order valence-corrected chi connectivity index (χ3v) is 2.72. The van der Waals surface area contributed by atoms with Crippen molar-refractivity contribution in [2.24, 2.45) is 0 Å². The van der Waals surface area contributed by atoms with Crippen LogP contribution in [0, 0.1) is 3.57 Å². The zero-order valence-corrected chi connectivity index (χ0v) is 9.79. The van der Waals surface area contributed by atoms with Gasteiger partial charge in [-0.25, -0.2) is 4.79 Å². The lowest BCUT2D eigenvalue weighted by molar-refractivity contribution is 0.0696. The number of carbonyl (C=O) groups is 1. The van der Waals surface area contributed by atoms with Crippen LogP contribution in [-0.4, -0.2) is 11.1 Å². The monoisotopic (exact) mass is 340 g/mol. The molecule has 0 unspecified atom stereocenters. The summed E-state index contributed by atoms with van der Waals surface area (Å²) >= 11 is 5.40. The number of carboxylic acids is 1. The molecule has 1 aromatic rings. The van der Waals surface area contributed by atoms with Gasteiger partial charge >= 0.3 is 5.97 Å². The first kappa shape index (κ1) is 9.98. The number of halogens is 2. The van der Waals surface area contributed by atoms with E-state index in [1.54, 1.807) is 12.1 Å². The lowest BCUT2D eigenvalue weighted by Gasteiger charge is -2.01. The molecule has 0 bridgehead atoms. The highest BCUT2D eigenvalue weighted by Gasteiger charge is 2.08. The fourth-order valence-corrected chi connectivity index (χ4v) is 1.90. The average Bonchev–Trinajstić information content (AvgIpc) is 2.03. The molecule has 0 aliphatic carbocycles. The Morgan fingerprint density at radius 2 is 2.25 bits per heavy atom. The van der Waals surface area contributed by atoms with Gasteiger partial charge in [-0.1, -0.05) is 15.9 Å². The Labute approximate surface area is 92.2 Å². The molecule has 4 heteroatoms. The van der Waals surface area contributed by atoms with Crippen molar-refractivity contribution in [2.75, 3.05) is 0 Å². The minimum absolute atomic E-state index is 0.368. The number of carboxylic acid groups (broad SMARTS) is 1. The summed E-state index contributed by atoms with van der Waals surface area (Å²) in [5, 5.41) is 9.34. The van der Waals surface area contributed by atoms with Crippen molar-refractivity contribution in [2.45, 2.75) is 5.33 Å². The first-order valence-electron chi connectivity index (χ1n) is 3.23. The van der Waals surface area contributed by atoms with Gasteiger partial charge in [0.2, 0.25) is 0 Å². The second-order valence-electron chi connectivity index (χ2n) is 2.24. The summed E-state index contributed by atoms with van der Waals surface area (Å²) in [6.45, 7) is 0. The van der Waals surface area contributed by atoms with Crippen LogP contribution in [0.4, 0.5) is 0 Å². The quantitative estimate of drug-likeness (QED) is 0.664. The summed E-state index contributed by atoms with van der Waals surface area (Å²) in [4.78, 5) is 10.7. The third kappa shape index (κ3) is 2.20. The maximum absolute atomic E-state index is 10.7. The van der Waals surface area contributed by atoms with E-state index in [1.165, 1.54) is 0 Å². The molecule has 0 fully saturated rings. The van der Waals surface area contributed by atoms with E-state index in [4.69, 9.17) is 5.11 Å². The Hall–Kier alpha value is -0.100. The minimum Gasteiger partial charge on any atom is -0.478 e. The smallest absolute Gasteiger partial charge is 0.335 e. The second kappa shape index (κ2) is 4.23. The Balaban J connectivity index is 3.20. The molecule has 2 nitrogen and oxygen atoms in total. The van der Waals surface area contributed by atoms with Crippen LogP contribution in [-0.2, 0) is 5.33 Å². The summed E-state index contributed by atoms with van der Waals surface area (Å²) in [6, 6.07) is 5.27. The van der Waals surface area contributed by atoms with Gasteiger partial charge in [0, 0.05) is 8.90 Å². The van der Waals surface area contributed by atoms with Crippen molar-refractivity contribution < 1.29 is 9.90 Å². The Morgan fingerprint density at radius 1 is 1.58 bits per heavy atom. The number of hydrogen-bond acceptors (Lipinski definition) is 1. The lowest BCUT2D eigenvalue weighted by atomic mass is 10.1. The molecule has 0 spiro atoms. The van der Waals surface area contributed by atoms with Gasteiger partial charge in [0.15, 0.2) is 0 Å². The third-order valence-electron chi connectivity index (χ3n) is 1.44. The zero-order chi connectivity index (χ0) is 9.14. The van der Waals surface area contributed by atoms with Crippen LogP contribution in [0.1, 0.15) is 15.9 Å². The van der Waals surface area contributed by atoms with Crippen molar-refractivity contribution in [1.29, 1.82) is 0 Å². The molecule has 1 N–H and O–H groups in total. The summed E-state index contributed by atoms with van der Waals surface area (Å²) in [5.41, 5.74) is 1.18. The molecule has 0 heterocycles. The lowest BCUT2D eigenvalue weighted by Crippen LogP contribution is -2.00. The molecule has 0 saturated heterocycles. The molecular weight excluding hydrogens is 335 g/mol. The van der Waals surface area contributed by atoms with Crippen LogP contribution in [0.15, 0.2) is 18.2 Å². The van der Waals surface area contributed by atoms with Crippen LogP contribution >= 0.6 is 38.5 Å². The zero-order valence-electron chi connectivity index (χ0n) is 6.05. The van der Waals surface area contributed by atoms with E-state index in [1.807, 2.05) is 6.07 Å². The van der Waals surface area contributed by atoms with Crippen molar-refractivity contribution in [3.63, 3.8) is 0 Å². The van der Waals surface area contributed by atoms with Crippen LogP contribution in [0.3, 0.4) is 0 Å². The first-order valence-corrected chi connectivity index (χ1v) is 5.43. The summed E-state index contributed by atoms with van der Waals surface area (Å²) < 4.78 is 1.05. The highest BCUT2D eigenvalue weighted by Crippen LogP contribution is 2.16. The number of aromatic carboxylic acids is 1. The highest BCUT2D eigenvalue weighted by molar-refractivity contribution is 14.1. The van der Waals surface area contributed by atoms with Crippen LogP contribution < -0.4 is 0 Å². The fourth-order valence-electron chi connectivity index (χ4n) is 0.881. The van der Waals surface area contributed by atoms with Crippen molar-refractivity contribution in [3.05, 3.63) is 32.9 Å². The van der Waals surface area contributed by atoms with E-state index in [0.29, 0.717) is 10.9 Å². The Kier molecular flexibility index (Phi) is 3.52. The maximum atomic E-state index is 10.7. The standard InChI is InChI=1S/C8H6BrIO2/c9-4-5-3-6(10)1-2-7(5)8(11)12/h1-3H,4H2,(H,11,12). The topological polar surface area (TPSA) is 37.3 Å². The van der Waals surface area contributed by atoms with Crippen molar-refractivity contribution >= 4 is 44.5 Å². The number of alkyl halides is 1. The molecule has 0 aliphatic rings. The van der Waals surface area contributed by atoms with E-state index >= 15 is 0 Å². The SMILES string of the molecule is O=C(O)c1ccc(I)cc1CBr. The molecule has 0 aliphatic heterocycles. The van der Waals surface area contributed by atoms with E-state index in [-0.39, 0.29) is 0 Å². The predicted octanol–water partition coefficient (Wildman–Crippen LogP) is 2.88. The Morgan fingerprint density at radius 3 is 2.75 bits per heavy atom. The summed E-state index contributed by atoms with van der Waals surface area (Å²) in [6.07, 6.45) is 0. The molecule has 0 atom stereocenters. The number of benzene rings is 1. The maximum Gasteiger partial charge on any atom is 0.335 e. The average molecular weight is 341 g/mol. The molecule has 0 radical (unpaired) electrons. The first-order chi connectivity index (χ1) is 5.65. The number of hydrogen-bond donors (Lipinski definition) is 1. The normalized spacial score (nSPS) is 9.83. The highest BCUT2D eigenvalue weighted by atomic mass is 127. The van der Waals surface area contributed by atoms with Gasteiger partial charge < -0.3 is 5.11 Å². The van der Waals surface area contributed by atoms with Gasteiger partial charge in [-0.15, -0.1) is 0 Å². The van der Waals surface area contributed by atoms with Gasteiger partial charge in [-0.2, -0.15) is 0 Å². The van der Waals surface area contributed by atoms with Gasteiger partial charge in [0.25, 0.3) is 0 Å². The van der Waals surface area contributed by atoms with Gasteiger partial charge in [0.05, 0.1) is 5.56 Å². The van der Waals surface area contributed by atoms with Crippen LogP contribution in [0.5, 0.6) is 0 Å².